The fourth-order valence-electron chi connectivity index (χ4n) is 9.45. The van der Waals surface area contributed by atoms with Gasteiger partial charge in [-0.05, 0) is 84.3 Å². The van der Waals surface area contributed by atoms with Crippen molar-refractivity contribution < 1.29 is 8.42 Å². The quantitative estimate of drug-likeness (QED) is 0.148. The van der Waals surface area contributed by atoms with E-state index in [1.165, 1.54) is 33.4 Å². The fourth-order valence-corrected chi connectivity index (χ4v) is 12.1. The lowest BCUT2D eigenvalue weighted by molar-refractivity contribution is 0.128. The smallest absolute Gasteiger partial charge is 0.217 e. The number of nitrogens with zero attached hydrogens (tertiary/aromatic N) is 3. The predicted octanol–water partition coefficient (Wildman–Crippen LogP) is 12.3. The molecule has 63 heavy (non-hydrogen) atoms. The number of rotatable bonds is 10. The zero-order valence-corrected chi connectivity index (χ0v) is 38.9. The highest BCUT2D eigenvalue weighted by atomic mass is 35.5. The van der Waals surface area contributed by atoms with Crippen LogP contribution in [0.15, 0.2) is 146 Å². The molecule has 328 valence electrons. The summed E-state index contributed by atoms with van der Waals surface area (Å²) in [6, 6.07) is 50.8. The minimum Gasteiger partial charge on any atom is -0.308 e. The molecule has 6 nitrogen and oxygen atoms in total. The maximum absolute atomic E-state index is 13.7. The minimum absolute atomic E-state index is 0.155. The van der Waals surface area contributed by atoms with Crippen molar-refractivity contribution >= 4 is 33.2 Å². The average Bonchev–Trinajstić information content (AvgIpc) is 3.32. The summed E-state index contributed by atoms with van der Waals surface area (Å²) in [6.07, 6.45) is 4.77. The molecule has 6 aromatic carbocycles. The van der Waals surface area contributed by atoms with Crippen LogP contribution < -0.4 is 5.32 Å². The molecule has 2 heterocycles. The summed E-state index contributed by atoms with van der Waals surface area (Å²) in [6.45, 7) is 11.1. The maximum atomic E-state index is 13.7. The molecule has 2 atom stereocenters. The van der Waals surface area contributed by atoms with Crippen LogP contribution in [0.4, 0.5) is 0 Å². The van der Waals surface area contributed by atoms with E-state index in [-0.39, 0.29) is 11.3 Å². The van der Waals surface area contributed by atoms with Gasteiger partial charge in [0.1, 0.15) is 0 Å². The molecule has 0 aromatic heterocycles. The minimum atomic E-state index is -3.33. The summed E-state index contributed by atoms with van der Waals surface area (Å²) in [4.78, 5) is 4.92. The highest BCUT2D eigenvalue weighted by molar-refractivity contribution is 7.89. The molecule has 2 unspecified atom stereocenters. The molecule has 2 saturated heterocycles. The van der Waals surface area contributed by atoms with Crippen molar-refractivity contribution in [1.29, 1.82) is 0 Å². The highest BCUT2D eigenvalue weighted by Gasteiger charge is 2.40. The van der Waals surface area contributed by atoms with Gasteiger partial charge in [-0.1, -0.05) is 175 Å². The van der Waals surface area contributed by atoms with Crippen molar-refractivity contribution in [2.24, 2.45) is 0 Å². The Bertz CT molecular complexity index is 2510. The second-order valence-electron chi connectivity index (χ2n) is 17.6. The first-order valence-electron chi connectivity index (χ1n) is 22.6. The standard InChI is InChI=1S/C30H35ClN2O2S.C24H25ClN2/c1-23-12-17-29(31)28(20-23)25-15-13-24(14-16-25)21-32-18-19-33(30(22-32)26-8-4-2-5-9-26)36(34,35)27-10-6-3-7-11-27;1-18-7-12-23(25)22(15-18)20-10-8-19(9-11-20)16-27-14-13-26-24(17-27)21-5-3-2-4-6-21/h2,4-5,8-9,12-17,20,27,30H,3,6-7,10-11,18-19,21-22H2,1H3;2-12,15,24,26H,13-14,16-17H2,1H3. The van der Waals surface area contributed by atoms with E-state index in [0.29, 0.717) is 19.1 Å². The molecule has 2 aliphatic heterocycles. The third kappa shape index (κ3) is 11.5. The number of nitrogens with one attached hydrogen (secondary N) is 1. The van der Waals surface area contributed by atoms with E-state index in [9.17, 15) is 8.42 Å². The van der Waals surface area contributed by atoms with E-state index in [2.05, 4.69) is 132 Å². The molecule has 0 radical (unpaired) electrons. The van der Waals surface area contributed by atoms with Gasteiger partial charge >= 0.3 is 0 Å². The summed E-state index contributed by atoms with van der Waals surface area (Å²) in [5.41, 5.74) is 11.9. The second kappa shape index (κ2) is 21.1. The van der Waals surface area contributed by atoms with Crippen LogP contribution in [0.25, 0.3) is 22.3 Å². The fraction of sp³-hybridized carbons (Fsp3) is 0.333. The lowest BCUT2D eigenvalue weighted by Crippen LogP contribution is -2.52. The largest absolute Gasteiger partial charge is 0.308 e. The summed E-state index contributed by atoms with van der Waals surface area (Å²) in [5, 5.41) is 4.97. The Labute approximate surface area is 385 Å². The number of hydrogen-bond acceptors (Lipinski definition) is 5. The molecule has 0 amide bonds. The molecule has 1 saturated carbocycles. The number of benzene rings is 6. The lowest BCUT2D eigenvalue weighted by atomic mass is 10.0. The van der Waals surface area contributed by atoms with Crippen LogP contribution in [0, 0.1) is 13.8 Å². The van der Waals surface area contributed by atoms with Crippen molar-refractivity contribution in [2.45, 2.75) is 76.4 Å². The zero-order valence-electron chi connectivity index (χ0n) is 36.6. The molecule has 0 spiro atoms. The molecular weight excluding hydrogens is 840 g/mol. The molecule has 0 bridgehead atoms. The predicted molar refractivity (Wildman–Crippen MR) is 263 cm³/mol. The first kappa shape index (κ1) is 45.3. The number of hydrogen-bond donors (Lipinski definition) is 1. The molecule has 3 fully saturated rings. The second-order valence-corrected chi connectivity index (χ2v) is 20.6. The Morgan fingerprint density at radius 3 is 1.62 bits per heavy atom. The first-order valence-corrected chi connectivity index (χ1v) is 24.9. The van der Waals surface area contributed by atoms with Crippen LogP contribution in [0.1, 0.15) is 77.6 Å². The SMILES string of the molecule is Cc1ccc(Cl)c(-c2ccc(CN3CCN(S(=O)(=O)C4CCCCC4)C(c4ccccc4)C3)cc2)c1.Cc1ccc(Cl)c(-c2ccc(CN3CCNC(c4ccccc4)C3)cc2)c1. The first-order chi connectivity index (χ1) is 30.6. The van der Waals surface area contributed by atoms with Gasteiger partial charge in [0.15, 0.2) is 0 Å². The van der Waals surface area contributed by atoms with Crippen LogP contribution in [-0.4, -0.2) is 67.0 Å². The monoisotopic (exact) mass is 898 g/mol. The van der Waals surface area contributed by atoms with Crippen molar-refractivity contribution in [2.75, 3.05) is 39.3 Å². The van der Waals surface area contributed by atoms with Crippen LogP contribution >= 0.6 is 23.2 Å². The normalized spacial score (nSPS) is 19.3. The summed E-state index contributed by atoms with van der Waals surface area (Å²) < 4.78 is 29.2. The van der Waals surface area contributed by atoms with Gasteiger partial charge in [-0.15, -0.1) is 0 Å². The Kier molecular flexibility index (Phi) is 15.2. The van der Waals surface area contributed by atoms with E-state index < -0.39 is 10.0 Å². The van der Waals surface area contributed by atoms with Crippen molar-refractivity contribution in [1.82, 2.24) is 19.4 Å². The Balaban J connectivity index is 0.000000180. The molecule has 3 aliphatic rings. The molecule has 9 heteroatoms. The lowest BCUT2D eigenvalue weighted by Gasteiger charge is -2.42. The molecule has 1 N–H and O–H groups in total. The van der Waals surface area contributed by atoms with Crippen molar-refractivity contribution in [3.63, 3.8) is 0 Å². The number of piperazine rings is 2. The Morgan fingerprint density at radius 1 is 0.571 bits per heavy atom. The van der Waals surface area contributed by atoms with Gasteiger partial charge in [-0.3, -0.25) is 9.80 Å². The van der Waals surface area contributed by atoms with E-state index in [0.717, 1.165) is 104 Å². The van der Waals surface area contributed by atoms with Gasteiger partial charge < -0.3 is 5.32 Å². The third-order valence-electron chi connectivity index (χ3n) is 12.9. The summed E-state index contributed by atoms with van der Waals surface area (Å²) in [5.74, 6) is 0. The number of aryl methyl sites for hydroxylation is 2. The zero-order chi connectivity index (χ0) is 43.8. The number of sulfonamides is 1. The van der Waals surface area contributed by atoms with E-state index in [4.69, 9.17) is 23.2 Å². The van der Waals surface area contributed by atoms with Gasteiger partial charge in [0.2, 0.25) is 10.0 Å². The van der Waals surface area contributed by atoms with Gasteiger partial charge in [0.25, 0.3) is 0 Å². The van der Waals surface area contributed by atoms with E-state index in [1.54, 1.807) is 0 Å². The molecular formula is C54H60Cl2N4O2S. The highest BCUT2D eigenvalue weighted by Crippen LogP contribution is 2.35. The van der Waals surface area contributed by atoms with Gasteiger partial charge in [0, 0.05) is 79.6 Å². The summed E-state index contributed by atoms with van der Waals surface area (Å²) in [7, 11) is -3.33. The molecule has 6 aromatic rings. The van der Waals surface area contributed by atoms with Crippen LogP contribution in [0.2, 0.25) is 10.0 Å². The van der Waals surface area contributed by atoms with Crippen molar-refractivity contribution in [3.8, 4) is 22.3 Å². The van der Waals surface area contributed by atoms with Crippen LogP contribution in [0.3, 0.4) is 0 Å². The third-order valence-corrected chi connectivity index (χ3v) is 16.0. The molecule has 1 aliphatic carbocycles. The Hall–Kier alpha value is -4.31. The number of halogens is 2. The van der Waals surface area contributed by atoms with Gasteiger partial charge in [0.05, 0.1) is 11.3 Å². The molecule has 9 rings (SSSR count). The van der Waals surface area contributed by atoms with Crippen LogP contribution in [-0.2, 0) is 23.1 Å². The van der Waals surface area contributed by atoms with Crippen LogP contribution in [0.5, 0.6) is 0 Å². The maximum Gasteiger partial charge on any atom is 0.217 e. The average molecular weight is 900 g/mol. The van der Waals surface area contributed by atoms with E-state index >= 15 is 0 Å². The van der Waals surface area contributed by atoms with Crippen molar-refractivity contribution in [3.05, 3.63) is 189 Å². The van der Waals surface area contributed by atoms with E-state index in [1.807, 2.05) is 46.8 Å². The Morgan fingerprint density at radius 2 is 1.08 bits per heavy atom. The topological polar surface area (TPSA) is 55.9 Å². The van der Waals surface area contributed by atoms with Gasteiger partial charge in [-0.2, -0.15) is 4.31 Å². The summed E-state index contributed by atoms with van der Waals surface area (Å²) >= 11 is 12.8. The van der Waals surface area contributed by atoms with Gasteiger partial charge in [-0.25, -0.2) is 8.42 Å².